The van der Waals surface area contributed by atoms with Crippen molar-refractivity contribution in [1.82, 2.24) is 15.5 Å². The van der Waals surface area contributed by atoms with Crippen LogP contribution in [0.1, 0.15) is 17.0 Å². The second-order valence-electron chi connectivity index (χ2n) is 5.00. The van der Waals surface area contributed by atoms with E-state index in [0.717, 1.165) is 34.5 Å². The van der Waals surface area contributed by atoms with Crippen LogP contribution < -0.4 is 5.32 Å². The number of aryl methyl sites for hydroxylation is 1. The molecule has 1 aromatic heterocycles. The van der Waals surface area contributed by atoms with Gasteiger partial charge in [-0.1, -0.05) is 41.3 Å². The highest BCUT2D eigenvalue weighted by Gasteiger charge is 2.27. The van der Waals surface area contributed by atoms with Crippen molar-refractivity contribution in [1.29, 1.82) is 0 Å². The predicted molar refractivity (Wildman–Crippen MR) is 92.8 cm³/mol. The summed E-state index contributed by atoms with van der Waals surface area (Å²) in [6.45, 7) is 2.68. The van der Waals surface area contributed by atoms with Gasteiger partial charge in [0.25, 0.3) is 0 Å². The average Bonchev–Trinajstić information content (AvgIpc) is 3.12. The number of benzene rings is 1. The van der Waals surface area contributed by atoms with Gasteiger partial charge in [0.05, 0.1) is 5.25 Å². The van der Waals surface area contributed by atoms with Gasteiger partial charge in [-0.15, -0.1) is 22.0 Å². The maximum Gasteiger partial charge on any atom is 0.233 e. The molecule has 1 N–H and O–H groups in total. The molecule has 2 heterocycles. The van der Waals surface area contributed by atoms with Gasteiger partial charge in [0.2, 0.25) is 5.91 Å². The normalized spacial score (nSPS) is 16.5. The number of hydrogen-bond acceptors (Lipinski definition) is 6. The van der Waals surface area contributed by atoms with Crippen LogP contribution in [0.25, 0.3) is 0 Å². The summed E-state index contributed by atoms with van der Waals surface area (Å²) in [4.78, 5) is 13.4. The maximum atomic E-state index is 12.2. The van der Waals surface area contributed by atoms with Crippen molar-refractivity contribution in [3.63, 3.8) is 0 Å². The summed E-state index contributed by atoms with van der Waals surface area (Å²) in [6, 6.07) is 8.26. The smallest absolute Gasteiger partial charge is 0.233 e. The number of amides is 1. The first kappa shape index (κ1) is 15.8. The Morgan fingerprint density at radius 3 is 3.05 bits per heavy atom. The molecule has 1 atom stereocenters. The van der Waals surface area contributed by atoms with E-state index in [2.05, 4.69) is 27.6 Å². The third-order valence-corrected chi connectivity index (χ3v) is 6.67. The molecule has 1 aromatic carbocycles. The Morgan fingerprint density at radius 1 is 1.41 bits per heavy atom. The van der Waals surface area contributed by atoms with Crippen molar-refractivity contribution in [2.45, 2.75) is 34.3 Å². The van der Waals surface area contributed by atoms with Crippen LogP contribution >= 0.6 is 34.9 Å². The van der Waals surface area contributed by atoms with Gasteiger partial charge in [0.1, 0.15) is 5.01 Å². The number of aromatic nitrogens is 2. The minimum absolute atomic E-state index is 0.0239. The second-order valence-corrected chi connectivity index (χ2v) is 8.77. The number of nitrogens with zero attached hydrogens (tertiary/aromatic N) is 2. The fourth-order valence-corrected chi connectivity index (χ4v) is 5.27. The van der Waals surface area contributed by atoms with Gasteiger partial charge in [0, 0.05) is 17.2 Å². The van der Waals surface area contributed by atoms with E-state index in [9.17, 15) is 4.79 Å². The lowest BCUT2D eigenvalue weighted by molar-refractivity contribution is -0.120. The number of carbonyl (C=O) groups is 1. The largest absolute Gasteiger partial charge is 0.355 e. The van der Waals surface area contributed by atoms with Crippen molar-refractivity contribution in [3.8, 4) is 0 Å². The fourth-order valence-electron chi connectivity index (χ4n) is 2.22. The quantitative estimate of drug-likeness (QED) is 0.640. The van der Waals surface area contributed by atoms with Gasteiger partial charge in [-0.05, 0) is 31.4 Å². The van der Waals surface area contributed by atoms with E-state index in [4.69, 9.17) is 0 Å². The molecular weight excluding hydrogens is 334 g/mol. The van der Waals surface area contributed by atoms with Gasteiger partial charge in [0.15, 0.2) is 4.34 Å². The molecule has 0 saturated heterocycles. The van der Waals surface area contributed by atoms with Crippen LogP contribution in [-0.4, -0.2) is 33.7 Å². The Balaban J connectivity index is 1.35. The highest BCUT2D eigenvalue weighted by molar-refractivity contribution is 8.01. The molecule has 0 bridgehead atoms. The molecule has 0 spiro atoms. The van der Waals surface area contributed by atoms with E-state index >= 15 is 0 Å². The van der Waals surface area contributed by atoms with E-state index in [1.807, 2.05) is 19.1 Å². The highest BCUT2D eigenvalue weighted by Crippen LogP contribution is 2.36. The number of thioether (sulfide) groups is 2. The summed E-state index contributed by atoms with van der Waals surface area (Å²) >= 11 is 4.99. The van der Waals surface area contributed by atoms with Gasteiger partial charge in [-0.3, -0.25) is 4.79 Å². The van der Waals surface area contributed by atoms with E-state index in [0.29, 0.717) is 0 Å². The molecule has 7 heteroatoms. The Labute approximate surface area is 142 Å². The van der Waals surface area contributed by atoms with E-state index < -0.39 is 0 Å². The summed E-state index contributed by atoms with van der Waals surface area (Å²) in [5.41, 5.74) is 1.29. The van der Waals surface area contributed by atoms with Crippen molar-refractivity contribution in [2.75, 3.05) is 12.3 Å². The second kappa shape index (κ2) is 7.48. The van der Waals surface area contributed by atoms with Crippen LogP contribution in [0.3, 0.4) is 0 Å². The molecule has 1 aliphatic rings. The van der Waals surface area contributed by atoms with Crippen molar-refractivity contribution >= 4 is 40.8 Å². The SMILES string of the molecule is Cc1nnc(SCCCNC(=O)C2Cc3ccccc3S2)s1. The Kier molecular flexibility index (Phi) is 5.38. The first-order valence-electron chi connectivity index (χ1n) is 7.17. The number of rotatable bonds is 6. The zero-order valence-corrected chi connectivity index (χ0v) is 14.7. The fraction of sp³-hybridized carbons (Fsp3) is 0.400. The first-order chi connectivity index (χ1) is 10.7. The molecule has 1 amide bonds. The summed E-state index contributed by atoms with van der Waals surface area (Å²) in [5.74, 6) is 1.10. The van der Waals surface area contributed by atoms with E-state index in [1.54, 1.807) is 34.9 Å². The molecule has 3 rings (SSSR count). The summed E-state index contributed by atoms with van der Waals surface area (Å²) in [6.07, 6.45) is 1.78. The summed E-state index contributed by atoms with van der Waals surface area (Å²) in [7, 11) is 0. The molecule has 2 aromatic rings. The van der Waals surface area contributed by atoms with Crippen LogP contribution in [0.4, 0.5) is 0 Å². The van der Waals surface area contributed by atoms with Crippen LogP contribution in [0.15, 0.2) is 33.5 Å². The van der Waals surface area contributed by atoms with Crippen molar-refractivity contribution in [3.05, 3.63) is 34.8 Å². The molecule has 0 saturated carbocycles. The van der Waals surface area contributed by atoms with Gasteiger partial charge >= 0.3 is 0 Å². The van der Waals surface area contributed by atoms with Gasteiger partial charge in [-0.2, -0.15) is 0 Å². The topological polar surface area (TPSA) is 54.9 Å². The third kappa shape index (κ3) is 4.02. The monoisotopic (exact) mass is 351 g/mol. The van der Waals surface area contributed by atoms with E-state index in [-0.39, 0.29) is 11.2 Å². The average molecular weight is 352 g/mol. The summed E-state index contributed by atoms with van der Waals surface area (Å²) in [5, 5.41) is 12.1. The van der Waals surface area contributed by atoms with Gasteiger partial charge < -0.3 is 5.32 Å². The third-order valence-electron chi connectivity index (χ3n) is 3.29. The highest BCUT2D eigenvalue weighted by atomic mass is 32.2. The Bertz CT molecular complexity index is 634. The molecule has 0 radical (unpaired) electrons. The molecule has 116 valence electrons. The van der Waals surface area contributed by atoms with Crippen LogP contribution in [-0.2, 0) is 11.2 Å². The van der Waals surface area contributed by atoms with Crippen molar-refractivity contribution in [2.24, 2.45) is 0 Å². The minimum Gasteiger partial charge on any atom is -0.355 e. The predicted octanol–water partition coefficient (Wildman–Crippen LogP) is 3.16. The molecule has 0 aliphatic carbocycles. The summed E-state index contributed by atoms with van der Waals surface area (Å²) < 4.78 is 1.01. The molecule has 22 heavy (non-hydrogen) atoms. The molecule has 0 fully saturated rings. The lowest BCUT2D eigenvalue weighted by Crippen LogP contribution is -2.33. The maximum absolute atomic E-state index is 12.2. The molecular formula is C15H17N3OS3. The van der Waals surface area contributed by atoms with Crippen LogP contribution in [0.5, 0.6) is 0 Å². The Hall–Kier alpha value is -1.05. The number of hydrogen-bond donors (Lipinski definition) is 1. The van der Waals surface area contributed by atoms with Crippen LogP contribution in [0.2, 0.25) is 0 Å². The zero-order chi connectivity index (χ0) is 15.4. The molecule has 4 nitrogen and oxygen atoms in total. The lowest BCUT2D eigenvalue weighted by Gasteiger charge is -2.09. The van der Waals surface area contributed by atoms with E-state index in [1.165, 1.54) is 10.5 Å². The van der Waals surface area contributed by atoms with Gasteiger partial charge in [-0.25, -0.2) is 0 Å². The minimum atomic E-state index is 0.0239. The Morgan fingerprint density at radius 2 is 2.27 bits per heavy atom. The lowest BCUT2D eigenvalue weighted by atomic mass is 10.1. The number of fused-ring (bicyclic) bond motifs is 1. The van der Waals surface area contributed by atoms with Crippen LogP contribution in [0, 0.1) is 6.92 Å². The standard InChI is InChI=1S/C15H17N3OS3/c1-10-17-18-15(21-10)20-8-4-7-16-14(19)13-9-11-5-2-3-6-12(11)22-13/h2-3,5-6,13H,4,7-9H2,1H3,(H,16,19). The first-order valence-corrected chi connectivity index (χ1v) is 9.86. The molecule has 1 unspecified atom stereocenters. The zero-order valence-electron chi connectivity index (χ0n) is 12.2. The number of carbonyl (C=O) groups excluding carboxylic acids is 1. The number of nitrogens with one attached hydrogen (secondary N) is 1. The van der Waals surface area contributed by atoms with Crippen molar-refractivity contribution < 1.29 is 4.79 Å². The molecule has 1 aliphatic heterocycles.